The summed E-state index contributed by atoms with van der Waals surface area (Å²) in [6, 6.07) is 0.0802. The van der Waals surface area contributed by atoms with E-state index in [1.54, 1.807) is 6.92 Å². The van der Waals surface area contributed by atoms with Crippen LogP contribution in [0.5, 0.6) is 0 Å². The second kappa shape index (κ2) is 5.63. The molecule has 8 heteroatoms. The smallest absolute Gasteiger partial charge is 0.360 e. The van der Waals surface area contributed by atoms with Gasteiger partial charge < -0.3 is 4.74 Å². The zero-order valence-corrected chi connectivity index (χ0v) is 11.9. The van der Waals surface area contributed by atoms with Gasteiger partial charge in [-0.05, 0) is 19.8 Å². The molecule has 0 aromatic carbocycles. The molecule has 2 aromatic rings. The third kappa shape index (κ3) is 2.41. The second-order valence-corrected chi connectivity index (χ2v) is 5.12. The van der Waals surface area contributed by atoms with Crippen LogP contribution in [0.25, 0.3) is 5.65 Å². The number of ether oxygens (including phenoxy) is 1. The molecular formula is C13H17N5O3. The van der Waals surface area contributed by atoms with E-state index in [1.807, 2.05) is 0 Å². The van der Waals surface area contributed by atoms with Crippen LogP contribution in [0.3, 0.4) is 0 Å². The number of fused-ring (bicyclic) bond motifs is 1. The molecule has 3 rings (SSSR count). The maximum absolute atomic E-state index is 12.5. The van der Waals surface area contributed by atoms with Gasteiger partial charge in [-0.1, -0.05) is 24.5 Å². The molecule has 0 radical (unpaired) electrons. The van der Waals surface area contributed by atoms with Crippen molar-refractivity contribution in [2.45, 2.75) is 45.1 Å². The fourth-order valence-electron chi connectivity index (χ4n) is 2.71. The van der Waals surface area contributed by atoms with Crippen LogP contribution in [0.15, 0.2) is 11.1 Å². The summed E-state index contributed by atoms with van der Waals surface area (Å²) in [5.74, 6) is -0.593. The first kappa shape index (κ1) is 13.7. The van der Waals surface area contributed by atoms with Gasteiger partial charge in [0.15, 0.2) is 11.3 Å². The molecule has 0 amide bonds. The maximum Gasteiger partial charge on any atom is 0.360 e. The van der Waals surface area contributed by atoms with Crippen molar-refractivity contribution in [2.24, 2.45) is 0 Å². The largest absolute Gasteiger partial charge is 0.461 e. The number of hydrogen-bond acceptors (Lipinski definition) is 6. The number of hydrogen-bond donors (Lipinski definition) is 0. The molecule has 0 spiro atoms. The molecule has 0 atom stereocenters. The molecule has 2 heterocycles. The first-order valence-corrected chi connectivity index (χ1v) is 7.22. The summed E-state index contributed by atoms with van der Waals surface area (Å²) in [7, 11) is 0. The van der Waals surface area contributed by atoms with Crippen LogP contribution >= 0.6 is 0 Å². The minimum Gasteiger partial charge on any atom is -0.461 e. The molecule has 0 unspecified atom stereocenters. The minimum absolute atomic E-state index is 0.0252. The Morgan fingerprint density at radius 1 is 1.38 bits per heavy atom. The highest BCUT2D eigenvalue weighted by Crippen LogP contribution is 2.25. The van der Waals surface area contributed by atoms with Gasteiger partial charge in [0.2, 0.25) is 0 Å². The normalized spacial score (nSPS) is 16.2. The molecule has 1 aliphatic carbocycles. The van der Waals surface area contributed by atoms with Gasteiger partial charge in [-0.15, -0.1) is 5.10 Å². The molecule has 1 saturated carbocycles. The number of carbonyl (C=O) groups excluding carboxylic acids is 1. The fraction of sp³-hybridized carbons (Fsp3) is 0.615. The van der Waals surface area contributed by atoms with E-state index in [-0.39, 0.29) is 29.7 Å². The van der Waals surface area contributed by atoms with Crippen molar-refractivity contribution in [3.63, 3.8) is 0 Å². The van der Waals surface area contributed by atoms with Gasteiger partial charge in [0.1, 0.15) is 6.33 Å². The molecule has 0 saturated heterocycles. The minimum atomic E-state index is -0.593. The molecule has 2 aromatic heterocycles. The van der Waals surface area contributed by atoms with E-state index in [4.69, 9.17) is 4.74 Å². The third-order valence-corrected chi connectivity index (χ3v) is 3.77. The number of rotatable bonds is 3. The van der Waals surface area contributed by atoms with Crippen molar-refractivity contribution in [1.82, 2.24) is 24.4 Å². The van der Waals surface area contributed by atoms with Crippen molar-refractivity contribution in [1.29, 1.82) is 0 Å². The first-order valence-electron chi connectivity index (χ1n) is 7.22. The van der Waals surface area contributed by atoms with Gasteiger partial charge in [-0.3, -0.25) is 0 Å². The van der Waals surface area contributed by atoms with Crippen LogP contribution in [0, 0.1) is 0 Å². The van der Waals surface area contributed by atoms with Gasteiger partial charge in [0.25, 0.3) is 0 Å². The van der Waals surface area contributed by atoms with Crippen molar-refractivity contribution in [3.05, 3.63) is 22.5 Å². The van der Waals surface area contributed by atoms with Crippen molar-refractivity contribution < 1.29 is 9.53 Å². The molecule has 112 valence electrons. The highest BCUT2D eigenvalue weighted by Gasteiger charge is 2.22. The molecule has 21 heavy (non-hydrogen) atoms. The van der Waals surface area contributed by atoms with Crippen LogP contribution < -0.4 is 5.69 Å². The van der Waals surface area contributed by atoms with Crippen molar-refractivity contribution >= 4 is 11.6 Å². The summed E-state index contributed by atoms with van der Waals surface area (Å²) in [5, 5.41) is 7.98. The number of imidazole rings is 1. The lowest BCUT2D eigenvalue weighted by molar-refractivity contribution is 0.0522. The molecule has 1 fully saturated rings. The molecule has 0 N–H and O–H groups in total. The van der Waals surface area contributed by atoms with E-state index < -0.39 is 5.97 Å². The van der Waals surface area contributed by atoms with E-state index in [0.29, 0.717) is 0 Å². The van der Waals surface area contributed by atoms with Gasteiger partial charge in [0.05, 0.1) is 12.6 Å². The molecule has 8 nitrogen and oxygen atoms in total. The topological polar surface area (TPSA) is 91.4 Å². The zero-order chi connectivity index (χ0) is 14.8. The predicted octanol–water partition coefficient (Wildman–Crippen LogP) is 0.968. The quantitative estimate of drug-likeness (QED) is 0.782. The first-order chi connectivity index (χ1) is 10.2. The lowest BCUT2D eigenvalue weighted by Crippen LogP contribution is -2.34. The van der Waals surface area contributed by atoms with Crippen molar-refractivity contribution in [3.8, 4) is 0 Å². The monoisotopic (exact) mass is 291 g/mol. The van der Waals surface area contributed by atoms with Crippen LogP contribution in [0.2, 0.25) is 0 Å². The highest BCUT2D eigenvalue weighted by atomic mass is 16.5. The van der Waals surface area contributed by atoms with Crippen LogP contribution in [-0.2, 0) is 4.74 Å². The number of aromatic nitrogens is 5. The van der Waals surface area contributed by atoms with E-state index in [0.717, 1.165) is 25.7 Å². The third-order valence-electron chi connectivity index (χ3n) is 3.77. The summed E-state index contributed by atoms with van der Waals surface area (Å²) in [6.07, 6.45) is 6.54. The van der Waals surface area contributed by atoms with Crippen molar-refractivity contribution in [2.75, 3.05) is 6.61 Å². The number of esters is 1. The van der Waals surface area contributed by atoms with Gasteiger partial charge >= 0.3 is 11.7 Å². The fourth-order valence-corrected chi connectivity index (χ4v) is 2.71. The van der Waals surface area contributed by atoms with Crippen LogP contribution in [-0.4, -0.2) is 37.0 Å². The zero-order valence-electron chi connectivity index (χ0n) is 11.9. The Morgan fingerprint density at radius 3 is 2.86 bits per heavy atom. The molecule has 0 bridgehead atoms. The molecular weight excluding hydrogens is 274 g/mol. The summed E-state index contributed by atoms with van der Waals surface area (Å²) in [6.45, 7) is 1.95. The number of nitrogens with zero attached hydrogens (tertiary/aromatic N) is 5. The Hall–Kier alpha value is -2.25. The summed E-state index contributed by atoms with van der Waals surface area (Å²) in [5.41, 5.74) is -0.141. The van der Waals surface area contributed by atoms with E-state index in [2.05, 4.69) is 15.3 Å². The summed E-state index contributed by atoms with van der Waals surface area (Å²) in [4.78, 5) is 28.1. The lowest BCUT2D eigenvalue weighted by atomic mass is 9.96. The lowest BCUT2D eigenvalue weighted by Gasteiger charge is -2.21. The average molecular weight is 291 g/mol. The summed E-state index contributed by atoms with van der Waals surface area (Å²) < 4.78 is 7.55. The maximum atomic E-state index is 12.5. The predicted molar refractivity (Wildman–Crippen MR) is 73.1 cm³/mol. The van der Waals surface area contributed by atoms with E-state index >= 15 is 0 Å². The molecule has 0 aliphatic heterocycles. The standard InChI is InChI=1S/C13H17N5O3/c1-2-21-12(19)10-11-15-16-18(9-6-4-3-5-7-9)13(20)17(11)8-14-10/h8-9H,2-7H2,1H3. The van der Waals surface area contributed by atoms with Gasteiger partial charge in [-0.2, -0.15) is 4.68 Å². The second-order valence-electron chi connectivity index (χ2n) is 5.12. The SMILES string of the molecule is CCOC(=O)c1ncn2c(=O)n(C3CCCCC3)nnc12. The Bertz CT molecular complexity index is 714. The van der Waals surface area contributed by atoms with Gasteiger partial charge in [-0.25, -0.2) is 19.0 Å². The van der Waals surface area contributed by atoms with E-state index in [1.165, 1.54) is 21.8 Å². The van der Waals surface area contributed by atoms with E-state index in [9.17, 15) is 9.59 Å². The summed E-state index contributed by atoms with van der Waals surface area (Å²) >= 11 is 0. The Balaban J connectivity index is 2.02. The Morgan fingerprint density at radius 2 is 2.14 bits per heavy atom. The Labute approximate surface area is 120 Å². The van der Waals surface area contributed by atoms with Gasteiger partial charge in [0, 0.05) is 0 Å². The highest BCUT2D eigenvalue weighted by molar-refractivity contribution is 5.93. The molecule has 1 aliphatic rings. The number of carbonyl (C=O) groups is 1. The van der Waals surface area contributed by atoms with Crippen LogP contribution in [0.1, 0.15) is 55.6 Å². The average Bonchev–Trinajstić information content (AvgIpc) is 2.94. The Kier molecular flexibility index (Phi) is 3.68. The van der Waals surface area contributed by atoms with Crippen LogP contribution in [0.4, 0.5) is 0 Å².